The lowest BCUT2D eigenvalue weighted by atomic mass is 9.70. The number of fused-ring (bicyclic) bond motifs is 1. The molecule has 176 valence electrons. The van der Waals surface area contributed by atoms with Crippen LogP contribution in [0.4, 0.5) is 0 Å². The minimum absolute atomic E-state index is 0.139. The fourth-order valence-corrected chi connectivity index (χ4v) is 5.72. The van der Waals surface area contributed by atoms with E-state index in [0.29, 0.717) is 22.9 Å². The van der Waals surface area contributed by atoms with E-state index in [1.54, 1.807) is 0 Å². The van der Waals surface area contributed by atoms with Gasteiger partial charge in [0.25, 0.3) is 0 Å². The van der Waals surface area contributed by atoms with Gasteiger partial charge in [-0.3, -0.25) is 0 Å². The van der Waals surface area contributed by atoms with Crippen LogP contribution >= 0.6 is 0 Å². The largest absolute Gasteiger partial charge is 0.465 e. The quantitative estimate of drug-likeness (QED) is 0.402. The van der Waals surface area contributed by atoms with Gasteiger partial charge in [-0.05, 0) is 65.3 Å². The summed E-state index contributed by atoms with van der Waals surface area (Å²) >= 11 is 0. The second kappa shape index (κ2) is 8.62. The third-order valence-corrected chi connectivity index (χ3v) is 7.09. The van der Waals surface area contributed by atoms with Crippen LogP contribution in [0.25, 0.3) is 11.0 Å². The van der Waals surface area contributed by atoms with Crippen LogP contribution in [-0.4, -0.2) is 22.6 Å². The van der Waals surface area contributed by atoms with Crippen LogP contribution in [-0.2, 0) is 16.6 Å². The number of hydrogen-bond acceptors (Lipinski definition) is 3. The second-order valence-electron chi connectivity index (χ2n) is 11.8. The summed E-state index contributed by atoms with van der Waals surface area (Å²) in [6.07, 6.45) is 4.32. The van der Waals surface area contributed by atoms with Crippen LogP contribution in [0.1, 0.15) is 94.2 Å². The highest BCUT2D eigenvalue weighted by Gasteiger charge is 2.34. The Labute approximate surface area is 198 Å². The molecule has 4 heteroatoms. The Balaban J connectivity index is 1.78. The summed E-state index contributed by atoms with van der Waals surface area (Å²) in [6.45, 7) is 13.9. The van der Waals surface area contributed by atoms with Crippen molar-refractivity contribution < 1.29 is 9.53 Å². The van der Waals surface area contributed by atoms with Crippen molar-refractivity contribution in [3.8, 4) is 0 Å². The van der Waals surface area contributed by atoms with Crippen LogP contribution in [0.15, 0.2) is 42.5 Å². The van der Waals surface area contributed by atoms with Gasteiger partial charge in [-0.25, -0.2) is 9.78 Å². The van der Waals surface area contributed by atoms with Gasteiger partial charge in [-0.1, -0.05) is 65.8 Å². The van der Waals surface area contributed by atoms with Gasteiger partial charge in [0.1, 0.15) is 5.82 Å². The molecule has 33 heavy (non-hydrogen) atoms. The number of benzene rings is 2. The van der Waals surface area contributed by atoms with E-state index in [1.807, 2.05) is 18.2 Å². The standard InChI is InChI=1S/C29H38N2O2/c1-19-14-23(18-29(5,6)17-19)31-25-13-10-21(27(32)33-7)16-24(25)30-26(31)15-20-8-11-22(12-9-20)28(2,3)4/h8-13,16,19,23H,14-15,17-18H2,1-7H3/t19-,23+/m1/s1. The summed E-state index contributed by atoms with van der Waals surface area (Å²) in [5, 5.41) is 0. The number of methoxy groups -OCH3 is 1. The molecular weight excluding hydrogens is 408 g/mol. The van der Waals surface area contributed by atoms with Crippen LogP contribution in [0.2, 0.25) is 0 Å². The topological polar surface area (TPSA) is 44.1 Å². The minimum Gasteiger partial charge on any atom is -0.465 e. The second-order valence-corrected chi connectivity index (χ2v) is 11.8. The Hall–Kier alpha value is -2.62. The maximum Gasteiger partial charge on any atom is 0.337 e. The Kier molecular flexibility index (Phi) is 6.15. The Bertz CT molecular complexity index is 1150. The lowest BCUT2D eigenvalue weighted by molar-refractivity contribution is 0.0601. The molecule has 0 aliphatic heterocycles. The van der Waals surface area contributed by atoms with Crippen molar-refractivity contribution in [2.75, 3.05) is 7.11 Å². The highest BCUT2D eigenvalue weighted by molar-refractivity contribution is 5.93. The predicted octanol–water partition coefficient (Wildman–Crippen LogP) is 7.10. The van der Waals surface area contributed by atoms with E-state index in [0.717, 1.165) is 36.1 Å². The molecule has 4 rings (SSSR count). The number of hydrogen-bond donors (Lipinski definition) is 0. The predicted molar refractivity (Wildman–Crippen MR) is 135 cm³/mol. The molecule has 1 aliphatic rings. The van der Waals surface area contributed by atoms with E-state index in [9.17, 15) is 4.79 Å². The number of nitrogens with zero attached hydrogens (tertiary/aromatic N) is 2. The van der Waals surface area contributed by atoms with Gasteiger partial charge in [-0.2, -0.15) is 0 Å². The monoisotopic (exact) mass is 446 g/mol. The van der Waals surface area contributed by atoms with Crippen LogP contribution in [0, 0.1) is 11.3 Å². The average Bonchev–Trinajstić information content (AvgIpc) is 3.08. The molecule has 0 saturated heterocycles. The van der Waals surface area contributed by atoms with Crippen LogP contribution in [0.3, 0.4) is 0 Å². The van der Waals surface area contributed by atoms with Crippen molar-refractivity contribution in [2.45, 2.75) is 78.7 Å². The van der Waals surface area contributed by atoms with E-state index in [-0.39, 0.29) is 11.4 Å². The van der Waals surface area contributed by atoms with Crippen LogP contribution < -0.4 is 0 Å². The molecule has 1 heterocycles. The Morgan fingerprint density at radius 2 is 1.82 bits per heavy atom. The number of rotatable bonds is 4. The van der Waals surface area contributed by atoms with Crippen molar-refractivity contribution in [2.24, 2.45) is 11.3 Å². The molecule has 0 N–H and O–H groups in total. The normalized spacial score (nSPS) is 20.7. The minimum atomic E-state index is -0.321. The summed E-state index contributed by atoms with van der Waals surface area (Å²) in [5.74, 6) is 1.42. The van der Waals surface area contributed by atoms with E-state index in [2.05, 4.69) is 70.4 Å². The molecule has 0 unspecified atom stereocenters. The zero-order chi connectivity index (χ0) is 24.0. The third-order valence-electron chi connectivity index (χ3n) is 7.09. The highest BCUT2D eigenvalue weighted by atomic mass is 16.5. The van der Waals surface area contributed by atoms with Gasteiger partial charge < -0.3 is 9.30 Å². The summed E-state index contributed by atoms with van der Waals surface area (Å²) in [7, 11) is 1.42. The average molecular weight is 447 g/mol. The van der Waals surface area contributed by atoms with Crippen molar-refractivity contribution in [3.05, 3.63) is 65.0 Å². The van der Waals surface area contributed by atoms with Crippen molar-refractivity contribution >= 4 is 17.0 Å². The molecule has 0 bridgehead atoms. The molecule has 3 aromatic rings. The maximum atomic E-state index is 12.1. The first-order chi connectivity index (χ1) is 15.5. The summed E-state index contributed by atoms with van der Waals surface area (Å²) in [6, 6.07) is 15.1. The molecule has 1 aromatic heterocycles. The van der Waals surface area contributed by atoms with Gasteiger partial charge in [0.15, 0.2) is 0 Å². The SMILES string of the molecule is COC(=O)c1ccc2c(c1)nc(Cc1ccc(C(C)(C)C)cc1)n2[C@H]1C[C@@H](C)CC(C)(C)C1. The summed E-state index contributed by atoms with van der Waals surface area (Å²) in [4.78, 5) is 17.2. The lowest BCUT2D eigenvalue weighted by Gasteiger charge is -2.40. The number of carbonyl (C=O) groups excluding carboxylic acids is 1. The number of carbonyl (C=O) groups is 1. The number of aromatic nitrogens is 2. The van der Waals surface area contributed by atoms with Crippen LogP contribution in [0.5, 0.6) is 0 Å². The first-order valence-corrected chi connectivity index (χ1v) is 12.2. The zero-order valence-corrected chi connectivity index (χ0v) is 21.2. The van der Waals surface area contributed by atoms with Gasteiger partial charge in [-0.15, -0.1) is 0 Å². The Morgan fingerprint density at radius 3 is 2.42 bits per heavy atom. The summed E-state index contributed by atoms with van der Waals surface area (Å²) in [5.41, 5.74) is 5.57. The van der Waals surface area contributed by atoms with E-state index in [4.69, 9.17) is 9.72 Å². The molecule has 1 saturated carbocycles. The Morgan fingerprint density at radius 1 is 1.12 bits per heavy atom. The van der Waals surface area contributed by atoms with Gasteiger partial charge in [0, 0.05) is 12.5 Å². The molecule has 0 amide bonds. The number of ether oxygens (including phenoxy) is 1. The smallest absolute Gasteiger partial charge is 0.337 e. The van der Waals surface area contributed by atoms with Gasteiger partial charge >= 0.3 is 5.97 Å². The first-order valence-electron chi connectivity index (χ1n) is 12.2. The summed E-state index contributed by atoms with van der Waals surface area (Å²) < 4.78 is 7.40. The molecule has 1 fully saturated rings. The molecule has 2 aromatic carbocycles. The molecule has 4 nitrogen and oxygen atoms in total. The van der Waals surface area contributed by atoms with Crippen molar-refractivity contribution in [3.63, 3.8) is 0 Å². The lowest BCUT2D eigenvalue weighted by Crippen LogP contribution is -2.30. The van der Waals surface area contributed by atoms with Crippen molar-refractivity contribution in [1.82, 2.24) is 9.55 Å². The van der Waals surface area contributed by atoms with E-state index >= 15 is 0 Å². The molecular formula is C29H38N2O2. The number of esters is 1. The molecule has 2 atom stereocenters. The molecule has 1 aliphatic carbocycles. The molecule has 0 spiro atoms. The maximum absolute atomic E-state index is 12.1. The van der Waals surface area contributed by atoms with Crippen molar-refractivity contribution in [1.29, 1.82) is 0 Å². The highest BCUT2D eigenvalue weighted by Crippen LogP contribution is 2.45. The first kappa shape index (κ1) is 23.5. The van der Waals surface area contributed by atoms with E-state index < -0.39 is 0 Å². The third kappa shape index (κ3) is 5.00. The van der Waals surface area contributed by atoms with E-state index in [1.165, 1.54) is 24.7 Å². The number of imidazole rings is 1. The molecule has 0 radical (unpaired) electrons. The zero-order valence-electron chi connectivity index (χ0n) is 21.2. The fourth-order valence-electron chi connectivity index (χ4n) is 5.72. The fraction of sp³-hybridized carbons (Fsp3) is 0.517. The van der Waals surface area contributed by atoms with Gasteiger partial charge in [0.2, 0.25) is 0 Å². The van der Waals surface area contributed by atoms with Gasteiger partial charge in [0.05, 0.1) is 23.7 Å².